The summed E-state index contributed by atoms with van der Waals surface area (Å²) in [7, 11) is 0. The number of aliphatic hydroxyl groups is 1. The van der Waals surface area contributed by atoms with Crippen LogP contribution in [0.2, 0.25) is 0 Å². The largest absolute Gasteiger partial charge is 0.507 e. The molecule has 8 heteroatoms. The summed E-state index contributed by atoms with van der Waals surface area (Å²) in [5.74, 6) is -0.914. The van der Waals surface area contributed by atoms with Crippen LogP contribution in [0.4, 0.5) is 0 Å². The second-order valence-electron chi connectivity index (χ2n) is 8.08. The van der Waals surface area contributed by atoms with Crippen molar-refractivity contribution < 1.29 is 19.4 Å². The summed E-state index contributed by atoms with van der Waals surface area (Å²) in [5.41, 5.74) is 1.26. The molecule has 1 saturated heterocycles. The van der Waals surface area contributed by atoms with Gasteiger partial charge in [-0.1, -0.05) is 47.1 Å². The molecule has 0 saturated carbocycles. The fourth-order valence-corrected chi connectivity index (χ4v) is 4.50. The molecule has 3 aromatic rings. The summed E-state index contributed by atoms with van der Waals surface area (Å²) in [4.78, 5) is 31.9. The van der Waals surface area contributed by atoms with Gasteiger partial charge in [-0.05, 0) is 42.7 Å². The molecule has 0 radical (unpaired) electrons. The number of ether oxygens (including phenoxy) is 1. The van der Waals surface area contributed by atoms with Crippen molar-refractivity contribution in [3.8, 4) is 5.75 Å². The molecular formula is C26H26BrN3O4. The van der Waals surface area contributed by atoms with Gasteiger partial charge in [0.15, 0.2) is 0 Å². The Morgan fingerprint density at radius 1 is 1.15 bits per heavy atom. The van der Waals surface area contributed by atoms with Crippen LogP contribution >= 0.6 is 15.9 Å². The first kappa shape index (κ1) is 23.8. The van der Waals surface area contributed by atoms with Gasteiger partial charge >= 0.3 is 0 Å². The number of benzene rings is 2. The van der Waals surface area contributed by atoms with E-state index in [-0.39, 0.29) is 11.3 Å². The molecule has 0 aliphatic carbocycles. The third-order valence-electron chi connectivity index (χ3n) is 5.66. The molecule has 1 unspecified atom stereocenters. The summed E-state index contributed by atoms with van der Waals surface area (Å²) in [5, 5.41) is 11.3. The lowest BCUT2D eigenvalue weighted by Gasteiger charge is -2.25. The third kappa shape index (κ3) is 5.07. The second kappa shape index (κ2) is 10.7. The standard InChI is InChI=1S/C26H26BrN3O4/c1-2-14-34-21-9-4-7-19(16-21)24(31)22-23(18-6-3-8-20(27)15-18)30(26(33)25(22)32)12-5-11-29-13-10-28-17-29/h3-4,6-10,13,15-17,23,31H,2,5,11-12,14H2,1H3. The van der Waals surface area contributed by atoms with Gasteiger partial charge in [0.05, 0.1) is 24.5 Å². The molecule has 1 amide bonds. The Kier molecular flexibility index (Phi) is 7.47. The molecule has 0 spiro atoms. The van der Waals surface area contributed by atoms with Crippen LogP contribution in [0.15, 0.2) is 77.3 Å². The molecule has 1 N–H and O–H groups in total. The highest BCUT2D eigenvalue weighted by molar-refractivity contribution is 9.10. The van der Waals surface area contributed by atoms with E-state index in [9.17, 15) is 14.7 Å². The molecule has 0 bridgehead atoms. The van der Waals surface area contributed by atoms with Gasteiger partial charge in [0.1, 0.15) is 11.5 Å². The Bertz CT molecular complexity index is 1210. The van der Waals surface area contributed by atoms with Crippen LogP contribution in [-0.4, -0.2) is 44.4 Å². The molecule has 2 aromatic carbocycles. The maximum absolute atomic E-state index is 13.2. The van der Waals surface area contributed by atoms with E-state index >= 15 is 0 Å². The molecule has 1 aliphatic heterocycles. The molecule has 2 heterocycles. The quantitative estimate of drug-likeness (QED) is 0.243. The predicted molar refractivity (Wildman–Crippen MR) is 132 cm³/mol. The van der Waals surface area contributed by atoms with E-state index < -0.39 is 17.7 Å². The van der Waals surface area contributed by atoms with Gasteiger partial charge in [-0.15, -0.1) is 0 Å². The van der Waals surface area contributed by atoms with Crippen LogP contribution in [0.5, 0.6) is 5.75 Å². The summed E-state index contributed by atoms with van der Waals surface area (Å²) < 4.78 is 8.43. The smallest absolute Gasteiger partial charge is 0.295 e. The first-order valence-corrected chi connectivity index (χ1v) is 12.0. The molecular weight excluding hydrogens is 498 g/mol. The van der Waals surface area contributed by atoms with E-state index in [0.29, 0.717) is 37.4 Å². The van der Waals surface area contributed by atoms with Gasteiger partial charge in [-0.25, -0.2) is 4.98 Å². The zero-order valence-electron chi connectivity index (χ0n) is 18.9. The third-order valence-corrected chi connectivity index (χ3v) is 6.15. The number of imidazole rings is 1. The zero-order valence-corrected chi connectivity index (χ0v) is 20.4. The number of rotatable bonds is 9. The Labute approximate surface area is 206 Å². The molecule has 176 valence electrons. The molecule has 1 aliphatic rings. The van der Waals surface area contributed by atoms with Crippen LogP contribution in [0, 0.1) is 0 Å². The maximum Gasteiger partial charge on any atom is 0.295 e. The Hall–Kier alpha value is -3.39. The number of carbonyl (C=O) groups excluding carboxylic acids is 2. The van der Waals surface area contributed by atoms with Crippen molar-refractivity contribution in [2.75, 3.05) is 13.2 Å². The predicted octanol–water partition coefficient (Wildman–Crippen LogP) is 4.95. The van der Waals surface area contributed by atoms with Crippen LogP contribution < -0.4 is 4.74 Å². The van der Waals surface area contributed by atoms with Crippen LogP contribution in [0.3, 0.4) is 0 Å². The monoisotopic (exact) mass is 523 g/mol. The first-order chi connectivity index (χ1) is 16.5. The number of hydrogen-bond donors (Lipinski definition) is 1. The summed E-state index contributed by atoms with van der Waals surface area (Å²) >= 11 is 3.48. The molecule has 1 fully saturated rings. The zero-order chi connectivity index (χ0) is 24.1. The van der Waals surface area contributed by atoms with Crippen molar-refractivity contribution in [2.24, 2.45) is 0 Å². The van der Waals surface area contributed by atoms with Gasteiger partial charge in [-0.2, -0.15) is 0 Å². The fraction of sp³-hybridized carbons (Fsp3) is 0.269. The SMILES string of the molecule is CCCOc1cccc(C(O)=C2C(=O)C(=O)N(CCCn3ccnc3)C2c2cccc(Br)c2)c1. The number of aryl methyl sites for hydroxylation is 1. The molecule has 7 nitrogen and oxygen atoms in total. The number of hydrogen-bond acceptors (Lipinski definition) is 5. The molecule has 34 heavy (non-hydrogen) atoms. The number of halogens is 1. The van der Waals surface area contributed by atoms with Crippen LogP contribution in [0.25, 0.3) is 5.76 Å². The number of aromatic nitrogens is 2. The average Bonchev–Trinajstić information content (AvgIpc) is 3.45. The van der Waals surface area contributed by atoms with Crippen molar-refractivity contribution in [1.82, 2.24) is 14.5 Å². The Morgan fingerprint density at radius 3 is 2.71 bits per heavy atom. The van der Waals surface area contributed by atoms with E-state index in [4.69, 9.17) is 4.74 Å². The van der Waals surface area contributed by atoms with Crippen LogP contribution in [-0.2, 0) is 16.1 Å². The molecule has 1 aromatic heterocycles. The Balaban J connectivity index is 1.72. The number of ketones is 1. The molecule has 4 rings (SSSR count). The van der Waals surface area contributed by atoms with Gasteiger partial charge in [0.2, 0.25) is 0 Å². The summed E-state index contributed by atoms with van der Waals surface area (Å²) in [6.45, 7) is 3.57. The van der Waals surface area contributed by atoms with Crippen molar-refractivity contribution in [3.63, 3.8) is 0 Å². The van der Waals surface area contributed by atoms with E-state index in [0.717, 1.165) is 16.5 Å². The van der Waals surface area contributed by atoms with Crippen molar-refractivity contribution in [2.45, 2.75) is 32.4 Å². The van der Waals surface area contributed by atoms with Gasteiger partial charge in [0, 0.05) is 35.5 Å². The minimum Gasteiger partial charge on any atom is -0.507 e. The van der Waals surface area contributed by atoms with Crippen LogP contribution in [0.1, 0.15) is 36.9 Å². The second-order valence-corrected chi connectivity index (χ2v) is 8.99. The lowest BCUT2D eigenvalue weighted by molar-refractivity contribution is -0.139. The number of carbonyl (C=O) groups is 2. The minimum absolute atomic E-state index is 0.0818. The topological polar surface area (TPSA) is 84.7 Å². The van der Waals surface area contributed by atoms with Gasteiger partial charge < -0.3 is 19.3 Å². The highest BCUT2D eigenvalue weighted by Gasteiger charge is 2.45. The van der Waals surface area contributed by atoms with E-state index in [1.165, 1.54) is 0 Å². The Morgan fingerprint density at radius 2 is 1.97 bits per heavy atom. The van der Waals surface area contributed by atoms with Gasteiger partial charge in [-0.3, -0.25) is 9.59 Å². The van der Waals surface area contributed by atoms with Crippen molar-refractivity contribution in [3.05, 3.63) is 88.4 Å². The number of likely N-dealkylation sites (tertiary alicyclic amines) is 1. The normalized spacial score (nSPS) is 17.4. The number of nitrogens with zero attached hydrogens (tertiary/aromatic N) is 3. The van der Waals surface area contributed by atoms with E-state index in [1.54, 1.807) is 41.7 Å². The van der Waals surface area contributed by atoms with Gasteiger partial charge in [0.25, 0.3) is 11.7 Å². The first-order valence-electron chi connectivity index (χ1n) is 11.2. The average molecular weight is 524 g/mol. The highest BCUT2D eigenvalue weighted by atomic mass is 79.9. The van der Waals surface area contributed by atoms with Crippen molar-refractivity contribution in [1.29, 1.82) is 0 Å². The highest BCUT2D eigenvalue weighted by Crippen LogP contribution is 2.40. The van der Waals surface area contributed by atoms with E-state index in [2.05, 4.69) is 20.9 Å². The maximum atomic E-state index is 13.2. The van der Waals surface area contributed by atoms with E-state index in [1.807, 2.05) is 42.0 Å². The minimum atomic E-state index is -0.694. The summed E-state index contributed by atoms with van der Waals surface area (Å²) in [6.07, 6.45) is 6.75. The lowest BCUT2D eigenvalue weighted by Crippen LogP contribution is -2.31. The summed E-state index contributed by atoms with van der Waals surface area (Å²) in [6, 6.07) is 13.7. The number of aliphatic hydroxyl groups excluding tert-OH is 1. The number of amides is 1. The van der Waals surface area contributed by atoms with Crippen molar-refractivity contribution >= 4 is 33.4 Å². The lowest BCUT2D eigenvalue weighted by atomic mass is 9.95. The number of Topliss-reactive ketones (excluding diaryl/α,β-unsaturated/α-hetero) is 1. The fourth-order valence-electron chi connectivity index (χ4n) is 4.09. The molecule has 1 atom stereocenters.